The van der Waals surface area contributed by atoms with Crippen LogP contribution in [0.5, 0.6) is 5.88 Å². The summed E-state index contributed by atoms with van der Waals surface area (Å²) in [6.07, 6.45) is 0. The molecule has 6 heteroatoms. The van der Waals surface area contributed by atoms with E-state index in [-0.39, 0.29) is 11.6 Å². The summed E-state index contributed by atoms with van der Waals surface area (Å²) >= 11 is 3.36. The van der Waals surface area contributed by atoms with E-state index in [0.717, 1.165) is 15.6 Å². The number of amides is 1. The maximum Gasteiger partial charge on any atom is 0.295 e. The number of carbonyl (C=O) groups is 1. The van der Waals surface area contributed by atoms with Gasteiger partial charge in [0.25, 0.3) is 5.91 Å². The average Bonchev–Trinajstić information content (AvgIpc) is 2.80. The summed E-state index contributed by atoms with van der Waals surface area (Å²) in [6, 6.07) is 12.5. The van der Waals surface area contributed by atoms with Gasteiger partial charge in [0.05, 0.1) is 5.52 Å². The molecule has 2 N–H and O–H groups in total. The zero-order valence-corrected chi connectivity index (χ0v) is 13.3. The molecule has 1 aromatic heterocycles. The molecule has 0 aliphatic heterocycles. The van der Waals surface area contributed by atoms with Crippen molar-refractivity contribution in [1.82, 2.24) is 4.98 Å². The van der Waals surface area contributed by atoms with Gasteiger partial charge in [0, 0.05) is 15.4 Å². The largest absolute Gasteiger partial charge is 0.493 e. The maximum atomic E-state index is 12.0. The van der Waals surface area contributed by atoms with Crippen LogP contribution in [0.15, 0.2) is 57.2 Å². The fourth-order valence-electron chi connectivity index (χ4n) is 2.09. The van der Waals surface area contributed by atoms with E-state index in [0.29, 0.717) is 10.9 Å². The van der Waals surface area contributed by atoms with Gasteiger partial charge in [-0.1, -0.05) is 33.6 Å². The number of aromatic amines is 1. The molecule has 0 aliphatic rings. The van der Waals surface area contributed by atoms with Gasteiger partial charge in [0.2, 0.25) is 5.88 Å². The van der Waals surface area contributed by atoms with Gasteiger partial charge in [-0.15, -0.1) is 10.2 Å². The standard InChI is InChI=1S/C16H12BrN3O2/c1-9-2-4-10(5-3-9)15(21)20-19-14-12-8-11(17)6-7-13(12)18-16(14)22/h2-8,18,22H,1H3. The molecule has 1 heterocycles. The lowest BCUT2D eigenvalue weighted by Crippen LogP contribution is -1.92. The first-order valence-corrected chi connectivity index (χ1v) is 7.37. The molecule has 22 heavy (non-hydrogen) atoms. The molecule has 0 atom stereocenters. The second kappa shape index (κ2) is 5.73. The number of hydrogen-bond acceptors (Lipinski definition) is 3. The number of azo groups is 1. The van der Waals surface area contributed by atoms with Crippen LogP contribution in [0, 0.1) is 6.92 Å². The number of carbonyl (C=O) groups excluding carboxylic acids is 1. The normalized spacial score (nSPS) is 11.4. The Balaban J connectivity index is 1.95. The Morgan fingerprint density at radius 1 is 1.18 bits per heavy atom. The molecule has 0 bridgehead atoms. The third-order valence-electron chi connectivity index (χ3n) is 3.25. The van der Waals surface area contributed by atoms with Gasteiger partial charge in [-0.2, -0.15) is 0 Å². The summed E-state index contributed by atoms with van der Waals surface area (Å²) < 4.78 is 0.848. The van der Waals surface area contributed by atoms with Crippen molar-refractivity contribution in [2.75, 3.05) is 0 Å². The molecule has 0 aliphatic carbocycles. The molecule has 0 fully saturated rings. The zero-order chi connectivity index (χ0) is 15.7. The SMILES string of the molecule is Cc1ccc(C(=O)N=Nc2c(O)[nH]c3ccc(Br)cc23)cc1. The van der Waals surface area contributed by atoms with E-state index in [1.165, 1.54) is 0 Å². The highest BCUT2D eigenvalue weighted by Gasteiger charge is 2.11. The molecule has 3 aromatic rings. The Kier molecular flexibility index (Phi) is 3.77. The first-order valence-electron chi connectivity index (χ1n) is 6.57. The number of halogens is 1. The van der Waals surface area contributed by atoms with E-state index in [9.17, 15) is 9.90 Å². The van der Waals surface area contributed by atoms with Crippen molar-refractivity contribution in [2.45, 2.75) is 6.92 Å². The average molecular weight is 358 g/mol. The third-order valence-corrected chi connectivity index (χ3v) is 3.75. The van der Waals surface area contributed by atoms with Crippen LogP contribution < -0.4 is 0 Å². The van der Waals surface area contributed by atoms with Crippen LogP contribution in [0.1, 0.15) is 15.9 Å². The van der Waals surface area contributed by atoms with E-state index in [1.54, 1.807) is 24.3 Å². The van der Waals surface area contributed by atoms with Crippen LogP contribution in [0.25, 0.3) is 10.9 Å². The molecular formula is C16H12BrN3O2. The highest BCUT2D eigenvalue weighted by atomic mass is 79.9. The molecule has 0 spiro atoms. The fraction of sp³-hybridized carbons (Fsp3) is 0.0625. The van der Waals surface area contributed by atoms with Crippen molar-refractivity contribution in [3.63, 3.8) is 0 Å². The minimum Gasteiger partial charge on any atom is -0.493 e. The van der Waals surface area contributed by atoms with Gasteiger partial charge in [-0.25, -0.2) is 0 Å². The quantitative estimate of drug-likeness (QED) is 0.641. The Morgan fingerprint density at radius 3 is 2.64 bits per heavy atom. The first kappa shape index (κ1) is 14.5. The Morgan fingerprint density at radius 2 is 1.91 bits per heavy atom. The maximum absolute atomic E-state index is 12.0. The van der Waals surface area contributed by atoms with Crippen molar-refractivity contribution < 1.29 is 9.90 Å². The Labute approximate surface area is 134 Å². The van der Waals surface area contributed by atoms with Crippen LogP contribution in [-0.2, 0) is 0 Å². The van der Waals surface area contributed by atoms with Gasteiger partial charge in [-0.3, -0.25) is 4.79 Å². The minimum absolute atomic E-state index is 0.117. The molecule has 0 saturated carbocycles. The number of fused-ring (bicyclic) bond motifs is 1. The van der Waals surface area contributed by atoms with E-state index < -0.39 is 5.91 Å². The van der Waals surface area contributed by atoms with Crippen molar-refractivity contribution in [1.29, 1.82) is 0 Å². The van der Waals surface area contributed by atoms with Gasteiger partial charge in [0.1, 0.15) is 0 Å². The zero-order valence-electron chi connectivity index (χ0n) is 11.7. The van der Waals surface area contributed by atoms with Crippen LogP contribution in [0.2, 0.25) is 0 Å². The Hall–Kier alpha value is -2.47. The lowest BCUT2D eigenvalue weighted by Gasteiger charge is -1.96. The smallest absolute Gasteiger partial charge is 0.295 e. The predicted molar refractivity (Wildman–Crippen MR) is 87.7 cm³/mol. The summed E-state index contributed by atoms with van der Waals surface area (Å²) in [4.78, 5) is 14.8. The number of aromatic hydroxyl groups is 1. The second-order valence-corrected chi connectivity index (χ2v) is 5.80. The van der Waals surface area contributed by atoms with Gasteiger partial charge in [0.15, 0.2) is 5.69 Å². The lowest BCUT2D eigenvalue weighted by atomic mass is 10.1. The number of hydrogen-bond donors (Lipinski definition) is 2. The lowest BCUT2D eigenvalue weighted by molar-refractivity contribution is 0.0995. The molecule has 3 rings (SSSR count). The number of H-pyrrole nitrogens is 1. The summed E-state index contributed by atoms with van der Waals surface area (Å²) in [5.41, 5.74) is 2.48. The number of nitrogens with one attached hydrogen (secondary N) is 1. The van der Waals surface area contributed by atoms with Crippen molar-refractivity contribution in [2.24, 2.45) is 10.2 Å². The number of benzene rings is 2. The second-order valence-electron chi connectivity index (χ2n) is 4.88. The minimum atomic E-state index is -0.455. The monoisotopic (exact) mass is 357 g/mol. The van der Waals surface area contributed by atoms with Gasteiger partial charge >= 0.3 is 0 Å². The van der Waals surface area contributed by atoms with E-state index in [4.69, 9.17) is 0 Å². The van der Waals surface area contributed by atoms with Crippen molar-refractivity contribution in [3.8, 4) is 5.88 Å². The Bertz CT molecular complexity index is 882. The summed E-state index contributed by atoms with van der Waals surface area (Å²) in [5, 5.41) is 18.2. The molecule has 0 saturated heterocycles. The summed E-state index contributed by atoms with van der Waals surface area (Å²) in [6.45, 7) is 1.94. The molecule has 0 radical (unpaired) electrons. The summed E-state index contributed by atoms with van der Waals surface area (Å²) in [7, 11) is 0. The highest BCUT2D eigenvalue weighted by Crippen LogP contribution is 2.36. The van der Waals surface area contributed by atoms with Crippen LogP contribution in [0.4, 0.5) is 5.69 Å². The van der Waals surface area contributed by atoms with Crippen LogP contribution >= 0.6 is 15.9 Å². The first-order chi connectivity index (χ1) is 10.5. The van der Waals surface area contributed by atoms with E-state index in [2.05, 4.69) is 31.1 Å². The van der Waals surface area contributed by atoms with Crippen molar-refractivity contribution in [3.05, 3.63) is 58.1 Å². The highest BCUT2D eigenvalue weighted by molar-refractivity contribution is 9.10. The molecule has 1 amide bonds. The number of aromatic nitrogens is 1. The number of aryl methyl sites for hydroxylation is 1. The topological polar surface area (TPSA) is 77.8 Å². The van der Waals surface area contributed by atoms with E-state index >= 15 is 0 Å². The van der Waals surface area contributed by atoms with Gasteiger partial charge in [-0.05, 0) is 37.3 Å². The molecule has 5 nitrogen and oxygen atoms in total. The van der Waals surface area contributed by atoms with Crippen molar-refractivity contribution >= 4 is 38.4 Å². The summed E-state index contributed by atoms with van der Waals surface area (Å²) in [5.74, 6) is -0.572. The number of nitrogens with zero attached hydrogens (tertiary/aromatic N) is 2. The third kappa shape index (κ3) is 2.78. The number of rotatable bonds is 2. The van der Waals surface area contributed by atoms with Crippen LogP contribution in [0.3, 0.4) is 0 Å². The van der Waals surface area contributed by atoms with Gasteiger partial charge < -0.3 is 10.1 Å². The predicted octanol–water partition coefficient (Wildman–Crippen LogP) is 4.87. The fourth-order valence-corrected chi connectivity index (χ4v) is 2.45. The molecule has 110 valence electrons. The molecular weight excluding hydrogens is 346 g/mol. The molecule has 2 aromatic carbocycles. The van der Waals surface area contributed by atoms with Crippen LogP contribution in [-0.4, -0.2) is 16.0 Å². The molecule has 0 unspecified atom stereocenters. The van der Waals surface area contributed by atoms with E-state index in [1.807, 2.05) is 25.1 Å².